The molecule has 1 saturated heterocycles. The molecule has 8 nitrogen and oxygen atoms in total. The molecule has 122 valence electrons. The summed E-state index contributed by atoms with van der Waals surface area (Å²) in [7, 11) is 0. The Balaban J connectivity index is 0.00000264. The Kier molecular flexibility index (Phi) is 6.44. The fraction of sp³-hybridized carbons (Fsp3) is 0.643. The van der Waals surface area contributed by atoms with Gasteiger partial charge in [0.15, 0.2) is 6.23 Å². The Morgan fingerprint density at radius 2 is 2.04 bits per heavy atom. The van der Waals surface area contributed by atoms with E-state index in [0.717, 1.165) is 4.90 Å². The van der Waals surface area contributed by atoms with Crippen LogP contribution in [0.1, 0.15) is 27.7 Å². The van der Waals surface area contributed by atoms with Crippen molar-refractivity contribution in [2.24, 2.45) is 11.3 Å². The third-order valence-electron chi connectivity index (χ3n) is 3.89. The number of fused-ring (bicyclic) bond motifs is 1. The van der Waals surface area contributed by atoms with Gasteiger partial charge in [0.1, 0.15) is 17.4 Å². The van der Waals surface area contributed by atoms with Crippen LogP contribution in [-0.2, 0) is 19.1 Å². The number of carbonyl (C=O) groups is 3. The fourth-order valence-corrected chi connectivity index (χ4v) is 2.68. The van der Waals surface area contributed by atoms with Crippen molar-refractivity contribution in [1.29, 1.82) is 0 Å². The molecule has 2 heterocycles. The van der Waals surface area contributed by atoms with E-state index in [0.29, 0.717) is 0 Å². The first kappa shape index (κ1) is 20.6. The number of carbonyl (C=O) groups excluding carboxylic acids is 3. The van der Waals surface area contributed by atoms with E-state index in [1.807, 2.05) is 0 Å². The first-order valence-corrected chi connectivity index (χ1v) is 6.96. The molecule has 1 fully saturated rings. The number of carboxylic acid groups (broad SMARTS) is 1. The average molecular weight is 350 g/mol. The Morgan fingerprint density at radius 3 is 2.48 bits per heavy atom. The van der Waals surface area contributed by atoms with Crippen LogP contribution in [-0.4, -0.2) is 46.7 Å². The second-order valence-electron chi connectivity index (χ2n) is 6.24. The molecule has 0 aromatic carbocycles. The molecular formula is C14H19KN2O6. The molecule has 0 saturated carbocycles. The molecule has 23 heavy (non-hydrogen) atoms. The largest absolute Gasteiger partial charge is 1.00 e. The summed E-state index contributed by atoms with van der Waals surface area (Å²) in [6.45, 7) is 6.31. The summed E-state index contributed by atoms with van der Waals surface area (Å²) in [6, 6.07) is 0. The number of amides is 2. The van der Waals surface area contributed by atoms with Crippen molar-refractivity contribution < 1.29 is 80.7 Å². The quantitative estimate of drug-likeness (QED) is 0.380. The molecule has 2 aliphatic rings. The monoisotopic (exact) mass is 350 g/mol. The number of aliphatic hydroxyl groups excluding tert-OH is 1. The topological polar surface area (TPSA) is 119 Å². The second-order valence-corrected chi connectivity index (χ2v) is 6.24. The van der Waals surface area contributed by atoms with Crippen LogP contribution in [0.3, 0.4) is 0 Å². The number of carboxylic acids is 1. The minimum atomic E-state index is -1.52. The Labute approximate surface area is 176 Å². The van der Waals surface area contributed by atoms with Crippen LogP contribution in [0.4, 0.5) is 0 Å². The number of hydrogen-bond donors (Lipinski definition) is 2. The fourth-order valence-electron chi connectivity index (χ4n) is 2.68. The molecule has 0 aromatic heterocycles. The molecule has 0 spiro atoms. The zero-order chi connectivity index (χ0) is 16.8. The molecule has 2 amide bonds. The normalized spacial score (nSPS) is 24.2. The molecule has 3 atom stereocenters. The van der Waals surface area contributed by atoms with E-state index in [1.54, 1.807) is 13.8 Å². The SMILES string of the molecule is CC(=O)NCC(C)(C)C1=C(C(=O)[O-])N2C(=O)[C@H]([C@@H](C)O)[C@H]2O1.[K+]. The van der Waals surface area contributed by atoms with Crippen LogP contribution in [0.25, 0.3) is 0 Å². The van der Waals surface area contributed by atoms with E-state index < -0.39 is 35.5 Å². The molecule has 0 radical (unpaired) electrons. The number of nitrogens with zero attached hydrogens (tertiary/aromatic N) is 1. The molecule has 0 unspecified atom stereocenters. The summed E-state index contributed by atoms with van der Waals surface area (Å²) in [5.41, 5.74) is -1.18. The van der Waals surface area contributed by atoms with Gasteiger partial charge >= 0.3 is 51.4 Å². The molecule has 2 aliphatic heterocycles. The van der Waals surface area contributed by atoms with E-state index in [4.69, 9.17) is 4.74 Å². The maximum Gasteiger partial charge on any atom is 1.00 e. The summed E-state index contributed by atoms with van der Waals surface area (Å²) in [5.74, 6) is -3.02. The van der Waals surface area contributed by atoms with Crippen molar-refractivity contribution in [2.75, 3.05) is 6.54 Å². The number of rotatable bonds is 5. The number of β-lactam (4-membered cyclic amide) rings is 1. The summed E-state index contributed by atoms with van der Waals surface area (Å²) in [5, 5.41) is 23.6. The van der Waals surface area contributed by atoms with Crippen molar-refractivity contribution in [3.63, 3.8) is 0 Å². The Bertz CT molecular complexity index is 572. The first-order valence-electron chi connectivity index (χ1n) is 6.96. The van der Waals surface area contributed by atoms with Gasteiger partial charge in [-0.2, -0.15) is 0 Å². The zero-order valence-corrected chi connectivity index (χ0v) is 17.0. The van der Waals surface area contributed by atoms with Crippen LogP contribution in [0.2, 0.25) is 0 Å². The Hall–Kier alpha value is -0.454. The number of nitrogens with one attached hydrogen (secondary N) is 1. The van der Waals surface area contributed by atoms with Gasteiger partial charge in [0.25, 0.3) is 0 Å². The minimum absolute atomic E-state index is 0. The summed E-state index contributed by atoms with van der Waals surface area (Å²) < 4.78 is 5.63. The minimum Gasteiger partial charge on any atom is -0.543 e. The molecule has 9 heteroatoms. The molecule has 0 aromatic rings. The number of ether oxygens (including phenoxy) is 1. The zero-order valence-electron chi connectivity index (χ0n) is 13.9. The van der Waals surface area contributed by atoms with Gasteiger partial charge < -0.3 is 25.1 Å². The van der Waals surface area contributed by atoms with Gasteiger partial charge in [-0.25, -0.2) is 0 Å². The maximum atomic E-state index is 12.0. The van der Waals surface area contributed by atoms with Crippen LogP contribution < -0.4 is 61.8 Å². The number of hydrogen-bond acceptors (Lipinski definition) is 6. The second kappa shape index (κ2) is 7.20. The van der Waals surface area contributed by atoms with Crippen LogP contribution in [0.5, 0.6) is 0 Å². The predicted molar refractivity (Wildman–Crippen MR) is 71.4 cm³/mol. The van der Waals surface area contributed by atoms with Gasteiger partial charge in [0, 0.05) is 18.9 Å². The van der Waals surface area contributed by atoms with Gasteiger partial charge in [-0.3, -0.25) is 14.5 Å². The molecule has 0 aliphatic carbocycles. The number of aliphatic hydroxyl groups is 1. The van der Waals surface area contributed by atoms with Crippen LogP contribution in [0.15, 0.2) is 11.5 Å². The van der Waals surface area contributed by atoms with Gasteiger partial charge in [-0.05, 0) is 6.92 Å². The third-order valence-corrected chi connectivity index (χ3v) is 3.89. The smallest absolute Gasteiger partial charge is 0.543 e. The number of aliphatic carboxylic acids is 1. The maximum absolute atomic E-state index is 12.0. The van der Waals surface area contributed by atoms with E-state index in [2.05, 4.69) is 5.32 Å². The molecule has 0 bridgehead atoms. The van der Waals surface area contributed by atoms with Crippen LogP contribution in [0, 0.1) is 11.3 Å². The van der Waals surface area contributed by atoms with Gasteiger partial charge in [0.05, 0.1) is 12.1 Å². The van der Waals surface area contributed by atoms with Gasteiger partial charge in [0.2, 0.25) is 11.8 Å². The van der Waals surface area contributed by atoms with Crippen molar-refractivity contribution >= 4 is 17.8 Å². The van der Waals surface area contributed by atoms with E-state index in [9.17, 15) is 24.6 Å². The van der Waals surface area contributed by atoms with Gasteiger partial charge in [-0.15, -0.1) is 0 Å². The van der Waals surface area contributed by atoms with Crippen molar-refractivity contribution in [1.82, 2.24) is 10.2 Å². The van der Waals surface area contributed by atoms with E-state index in [-0.39, 0.29) is 75.3 Å². The first-order chi connectivity index (χ1) is 10.1. The average Bonchev–Trinajstić information content (AvgIpc) is 2.72. The Morgan fingerprint density at radius 1 is 1.48 bits per heavy atom. The molecule has 2 rings (SSSR count). The predicted octanol–water partition coefficient (Wildman–Crippen LogP) is -4.69. The van der Waals surface area contributed by atoms with Crippen molar-refractivity contribution in [2.45, 2.75) is 40.0 Å². The van der Waals surface area contributed by atoms with Crippen LogP contribution >= 0.6 is 0 Å². The van der Waals surface area contributed by atoms with Crippen molar-refractivity contribution in [3.05, 3.63) is 11.5 Å². The molecular weight excluding hydrogens is 331 g/mol. The van der Waals surface area contributed by atoms with E-state index >= 15 is 0 Å². The summed E-state index contributed by atoms with van der Waals surface area (Å²) in [4.78, 5) is 35.5. The third kappa shape index (κ3) is 3.64. The van der Waals surface area contributed by atoms with Gasteiger partial charge in [-0.1, -0.05) is 13.8 Å². The standard InChI is InChI=1S/C14H20N2O6.K/c1-6(17)8-11(19)16-9(13(20)21)10(22-12(8)16)14(3,4)5-15-7(2)18;/h6,8,12,17H,5H2,1-4H3,(H,15,18)(H,20,21);/q;+1/p-1/t6-,8+,12-;/m1./s1. The summed E-state index contributed by atoms with van der Waals surface area (Å²) >= 11 is 0. The van der Waals surface area contributed by atoms with E-state index in [1.165, 1.54) is 13.8 Å². The summed E-state index contributed by atoms with van der Waals surface area (Å²) in [6.07, 6.45) is -1.79. The van der Waals surface area contributed by atoms with Crippen molar-refractivity contribution in [3.8, 4) is 0 Å². The molecule has 2 N–H and O–H groups in total.